The topological polar surface area (TPSA) is 67.9 Å². The molecule has 3 rings (SSSR count). The first-order valence-electron chi connectivity index (χ1n) is 9.13. The van der Waals surface area contributed by atoms with Gasteiger partial charge in [-0.05, 0) is 48.0 Å². The molecule has 1 fully saturated rings. The summed E-state index contributed by atoms with van der Waals surface area (Å²) in [6.07, 6.45) is 3.67. The van der Waals surface area contributed by atoms with Crippen LogP contribution in [0.1, 0.15) is 12.0 Å². The van der Waals surface area contributed by atoms with E-state index < -0.39 is 0 Å². The standard InChI is InChI=1S/C22H24N2O4/c1-27-19-8-3-16(4-9-19)5-12-21(25)23-14-17-13-22(26)24(15-17)18-6-10-20(28-2)11-7-18/h3-12,17H,13-15H2,1-2H3,(H,23,25)/b12-5-. The molecule has 1 saturated heterocycles. The molecule has 0 spiro atoms. The molecular weight excluding hydrogens is 356 g/mol. The average Bonchev–Trinajstić information content (AvgIpc) is 3.11. The van der Waals surface area contributed by atoms with Crippen molar-refractivity contribution in [2.24, 2.45) is 5.92 Å². The summed E-state index contributed by atoms with van der Waals surface area (Å²) < 4.78 is 10.3. The lowest BCUT2D eigenvalue weighted by atomic mass is 10.1. The molecule has 146 valence electrons. The molecule has 0 aromatic heterocycles. The number of benzene rings is 2. The minimum Gasteiger partial charge on any atom is -0.497 e. The van der Waals surface area contributed by atoms with Crippen LogP contribution in [0, 0.1) is 5.92 Å². The van der Waals surface area contributed by atoms with Crippen LogP contribution in [0.15, 0.2) is 54.6 Å². The van der Waals surface area contributed by atoms with Crippen molar-refractivity contribution in [3.8, 4) is 11.5 Å². The first-order chi connectivity index (χ1) is 13.6. The smallest absolute Gasteiger partial charge is 0.244 e. The third-order valence-corrected chi connectivity index (χ3v) is 4.70. The van der Waals surface area contributed by atoms with Crippen molar-refractivity contribution in [3.63, 3.8) is 0 Å². The van der Waals surface area contributed by atoms with Crippen LogP contribution in [0.25, 0.3) is 6.08 Å². The summed E-state index contributed by atoms with van der Waals surface area (Å²) in [4.78, 5) is 26.1. The molecule has 6 heteroatoms. The zero-order chi connectivity index (χ0) is 19.9. The van der Waals surface area contributed by atoms with Crippen LogP contribution < -0.4 is 19.7 Å². The molecule has 28 heavy (non-hydrogen) atoms. The number of hydrogen-bond acceptors (Lipinski definition) is 4. The van der Waals surface area contributed by atoms with Crippen LogP contribution >= 0.6 is 0 Å². The summed E-state index contributed by atoms with van der Waals surface area (Å²) in [6.45, 7) is 1.05. The molecule has 6 nitrogen and oxygen atoms in total. The van der Waals surface area contributed by atoms with E-state index in [1.165, 1.54) is 6.08 Å². The summed E-state index contributed by atoms with van der Waals surface area (Å²) >= 11 is 0. The van der Waals surface area contributed by atoms with E-state index >= 15 is 0 Å². The minimum absolute atomic E-state index is 0.0678. The molecule has 1 N–H and O–H groups in total. The fourth-order valence-electron chi connectivity index (χ4n) is 3.12. The summed E-state index contributed by atoms with van der Waals surface area (Å²) in [5.41, 5.74) is 1.76. The Balaban J connectivity index is 1.49. The van der Waals surface area contributed by atoms with Gasteiger partial charge in [0, 0.05) is 37.2 Å². The van der Waals surface area contributed by atoms with Gasteiger partial charge in [-0.2, -0.15) is 0 Å². The van der Waals surface area contributed by atoms with Crippen LogP contribution in [0.3, 0.4) is 0 Å². The van der Waals surface area contributed by atoms with Crippen LogP contribution in [0.2, 0.25) is 0 Å². The second-order valence-electron chi connectivity index (χ2n) is 6.62. The highest BCUT2D eigenvalue weighted by Crippen LogP contribution is 2.26. The van der Waals surface area contributed by atoms with Gasteiger partial charge in [0.2, 0.25) is 11.8 Å². The molecular formula is C22H24N2O4. The third-order valence-electron chi connectivity index (χ3n) is 4.70. The lowest BCUT2D eigenvalue weighted by molar-refractivity contribution is -0.118. The molecule has 2 aromatic carbocycles. The van der Waals surface area contributed by atoms with Crippen molar-refractivity contribution in [3.05, 3.63) is 60.2 Å². The zero-order valence-corrected chi connectivity index (χ0v) is 16.1. The van der Waals surface area contributed by atoms with Gasteiger partial charge >= 0.3 is 0 Å². The zero-order valence-electron chi connectivity index (χ0n) is 16.1. The van der Waals surface area contributed by atoms with Gasteiger partial charge in [0.25, 0.3) is 0 Å². The monoisotopic (exact) mass is 380 g/mol. The number of carbonyl (C=O) groups is 2. The Bertz CT molecular complexity index is 844. The maximum atomic E-state index is 12.3. The summed E-state index contributed by atoms with van der Waals surface area (Å²) in [6, 6.07) is 14.9. The van der Waals surface area contributed by atoms with Gasteiger partial charge in [0.15, 0.2) is 0 Å². The Hall–Kier alpha value is -3.28. The fourth-order valence-corrected chi connectivity index (χ4v) is 3.12. The average molecular weight is 380 g/mol. The van der Waals surface area contributed by atoms with Crippen LogP contribution in [-0.4, -0.2) is 39.1 Å². The second kappa shape index (κ2) is 9.08. The molecule has 1 aliphatic rings. The van der Waals surface area contributed by atoms with E-state index in [2.05, 4.69) is 5.32 Å². The highest BCUT2D eigenvalue weighted by Gasteiger charge is 2.30. The summed E-state index contributed by atoms with van der Waals surface area (Å²) in [5, 5.41) is 2.88. The Morgan fingerprint density at radius 2 is 1.68 bits per heavy atom. The number of ether oxygens (including phenoxy) is 2. The van der Waals surface area contributed by atoms with Crippen LogP contribution in [0.5, 0.6) is 11.5 Å². The van der Waals surface area contributed by atoms with Crippen molar-refractivity contribution in [2.75, 3.05) is 32.2 Å². The van der Waals surface area contributed by atoms with Crippen molar-refractivity contribution in [1.82, 2.24) is 5.32 Å². The van der Waals surface area contributed by atoms with Crippen LogP contribution in [-0.2, 0) is 9.59 Å². The van der Waals surface area contributed by atoms with E-state index in [0.717, 1.165) is 22.7 Å². The Morgan fingerprint density at radius 3 is 2.29 bits per heavy atom. The lowest BCUT2D eigenvalue weighted by Gasteiger charge is -2.17. The molecule has 0 aliphatic carbocycles. The van der Waals surface area contributed by atoms with Crippen LogP contribution in [0.4, 0.5) is 5.69 Å². The highest BCUT2D eigenvalue weighted by atomic mass is 16.5. The van der Waals surface area contributed by atoms with Gasteiger partial charge in [-0.25, -0.2) is 0 Å². The summed E-state index contributed by atoms with van der Waals surface area (Å²) in [7, 11) is 3.22. The molecule has 0 bridgehead atoms. The van der Waals surface area contributed by atoms with E-state index in [4.69, 9.17) is 9.47 Å². The molecule has 1 heterocycles. The molecule has 2 amide bonds. The minimum atomic E-state index is -0.175. The van der Waals surface area contributed by atoms with Gasteiger partial charge in [0.1, 0.15) is 11.5 Å². The first-order valence-corrected chi connectivity index (χ1v) is 9.13. The molecule has 1 aliphatic heterocycles. The number of nitrogens with zero attached hydrogens (tertiary/aromatic N) is 1. The maximum Gasteiger partial charge on any atom is 0.244 e. The number of nitrogens with one attached hydrogen (secondary N) is 1. The second-order valence-corrected chi connectivity index (χ2v) is 6.62. The van der Waals surface area contributed by atoms with E-state index in [0.29, 0.717) is 19.5 Å². The molecule has 1 unspecified atom stereocenters. The lowest BCUT2D eigenvalue weighted by Crippen LogP contribution is -2.30. The normalized spacial score (nSPS) is 16.4. The van der Waals surface area contributed by atoms with Gasteiger partial charge in [-0.1, -0.05) is 12.1 Å². The number of hydrogen-bond donors (Lipinski definition) is 1. The number of methoxy groups -OCH3 is 2. The van der Waals surface area contributed by atoms with Crippen molar-refractivity contribution in [2.45, 2.75) is 6.42 Å². The van der Waals surface area contributed by atoms with Gasteiger partial charge in [0.05, 0.1) is 14.2 Å². The number of anilines is 1. The first kappa shape index (κ1) is 19.5. The van der Waals surface area contributed by atoms with E-state index in [1.54, 1.807) is 25.2 Å². The van der Waals surface area contributed by atoms with Crippen molar-refractivity contribution in [1.29, 1.82) is 0 Å². The quantitative estimate of drug-likeness (QED) is 0.750. The number of carbonyl (C=O) groups excluding carboxylic acids is 2. The molecule has 2 aromatic rings. The Labute approximate surface area is 164 Å². The predicted octanol–water partition coefficient (Wildman–Crippen LogP) is 2.89. The number of rotatable bonds is 7. The van der Waals surface area contributed by atoms with Gasteiger partial charge in [-0.15, -0.1) is 0 Å². The number of amides is 2. The van der Waals surface area contributed by atoms with E-state index in [9.17, 15) is 9.59 Å². The molecule has 0 saturated carbocycles. The SMILES string of the molecule is COc1ccc(/C=C\C(=O)NCC2CC(=O)N(c3ccc(OC)cc3)C2)cc1. The van der Waals surface area contributed by atoms with Gasteiger partial charge in [-0.3, -0.25) is 9.59 Å². The maximum absolute atomic E-state index is 12.3. The molecule has 1 atom stereocenters. The summed E-state index contributed by atoms with van der Waals surface area (Å²) in [5.74, 6) is 1.51. The Kier molecular flexibility index (Phi) is 6.32. The highest BCUT2D eigenvalue weighted by molar-refractivity contribution is 5.96. The Morgan fingerprint density at radius 1 is 1.07 bits per heavy atom. The largest absolute Gasteiger partial charge is 0.497 e. The predicted molar refractivity (Wildman–Crippen MR) is 108 cm³/mol. The van der Waals surface area contributed by atoms with Crippen molar-refractivity contribution < 1.29 is 19.1 Å². The molecule has 0 radical (unpaired) electrons. The van der Waals surface area contributed by atoms with Crippen molar-refractivity contribution >= 4 is 23.6 Å². The van der Waals surface area contributed by atoms with E-state index in [1.807, 2.05) is 48.5 Å². The fraction of sp³-hybridized carbons (Fsp3) is 0.273. The third kappa shape index (κ3) is 4.91. The van der Waals surface area contributed by atoms with Gasteiger partial charge < -0.3 is 19.7 Å². The van der Waals surface area contributed by atoms with E-state index in [-0.39, 0.29) is 17.7 Å².